The third-order valence-electron chi connectivity index (χ3n) is 7.11. The molecule has 206 valence electrons. The molecule has 1 amide bonds. The van der Waals surface area contributed by atoms with Gasteiger partial charge in [-0.1, -0.05) is 48.0 Å². The van der Waals surface area contributed by atoms with Crippen molar-refractivity contribution < 1.29 is 14.8 Å². The summed E-state index contributed by atoms with van der Waals surface area (Å²) in [6.45, 7) is 3.45. The number of hydrogen-bond donors (Lipinski definition) is 2. The maximum absolute atomic E-state index is 13.0. The van der Waals surface area contributed by atoms with Gasteiger partial charge in [0.25, 0.3) is 5.69 Å². The second kappa shape index (κ2) is 11.5. The number of rotatable bonds is 7. The van der Waals surface area contributed by atoms with Crippen LogP contribution in [0.3, 0.4) is 0 Å². The van der Waals surface area contributed by atoms with Crippen molar-refractivity contribution in [3.63, 3.8) is 0 Å². The van der Waals surface area contributed by atoms with E-state index in [0.717, 1.165) is 26.2 Å². The van der Waals surface area contributed by atoms with E-state index in [9.17, 15) is 20.0 Å². The molecule has 4 aromatic rings. The summed E-state index contributed by atoms with van der Waals surface area (Å²) in [6.07, 6.45) is 0. The number of H-pyrrole nitrogens is 1. The average molecular weight is 561 g/mol. The zero-order valence-corrected chi connectivity index (χ0v) is 22.9. The monoisotopic (exact) mass is 560 g/mol. The number of nitrogens with zero attached hydrogens (tertiary/aromatic N) is 5. The molecule has 0 bridgehead atoms. The number of aromatic hydroxyl groups is 1. The van der Waals surface area contributed by atoms with Gasteiger partial charge >= 0.3 is 0 Å². The first-order chi connectivity index (χ1) is 19.2. The lowest BCUT2D eigenvalue weighted by Crippen LogP contribution is -2.48. The van der Waals surface area contributed by atoms with Gasteiger partial charge in [0.05, 0.1) is 33.9 Å². The maximum atomic E-state index is 13.0. The van der Waals surface area contributed by atoms with Gasteiger partial charge in [-0.3, -0.25) is 19.8 Å². The number of benzene rings is 3. The number of amides is 1. The smallest absolute Gasteiger partial charge is 0.295 e. The van der Waals surface area contributed by atoms with Gasteiger partial charge in [-0.05, 0) is 31.3 Å². The highest BCUT2D eigenvalue weighted by molar-refractivity contribution is 6.31. The number of likely N-dealkylation sites (N-methyl/N-ethyl adjacent to an activating group) is 2. The summed E-state index contributed by atoms with van der Waals surface area (Å²) >= 11 is 6.15. The summed E-state index contributed by atoms with van der Waals surface area (Å²) in [7, 11) is 3.59. The Kier molecular flexibility index (Phi) is 7.83. The Bertz CT molecular complexity index is 1600. The Balaban J connectivity index is 1.53. The van der Waals surface area contributed by atoms with Gasteiger partial charge in [0.2, 0.25) is 5.91 Å². The molecule has 1 aromatic heterocycles. The molecule has 10 nitrogen and oxygen atoms in total. The third kappa shape index (κ3) is 5.69. The molecular formula is C29H29ClN6O4. The molecule has 0 unspecified atom stereocenters. The van der Waals surface area contributed by atoms with Gasteiger partial charge in [0.1, 0.15) is 5.69 Å². The van der Waals surface area contributed by atoms with E-state index in [4.69, 9.17) is 16.6 Å². The molecule has 1 saturated heterocycles. The summed E-state index contributed by atoms with van der Waals surface area (Å²) in [4.78, 5) is 37.9. The zero-order valence-electron chi connectivity index (χ0n) is 22.2. The molecule has 5 rings (SSSR count). The van der Waals surface area contributed by atoms with Crippen molar-refractivity contribution in [2.75, 3.05) is 51.7 Å². The van der Waals surface area contributed by atoms with Crippen molar-refractivity contribution >= 4 is 51.2 Å². The SMILES string of the molecule is CN1CCN(CC(=O)N(C)c2ccc(N=C(c3ccccc3)c3c(O)[nH]c4cc(Cl)ccc34)cc2[N+](=O)[O-])CC1. The molecule has 2 N–H and O–H groups in total. The van der Waals surface area contributed by atoms with Crippen LogP contribution < -0.4 is 4.90 Å². The molecule has 0 saturated carbocycles. The van der Waals surface area contributed by atoms with Crippen molar-refractivity contribution in [1.82, 2.24) is 14.8 Å². The Labute approximate surface area is 236 Å². The normalized spacial score (nSPS) is 14.9. The highest BCUT2D eigenvalue weighted by Gasteiger charge is 2.25. The fourth-order valence-electron chi connectivity index (χ4n) is 4.83. The van der Waals surface area contributed by atoms with Gasteiger partial charge in [-0.2, -0.15) is 0 Å². The molecule has 2 heterocycles. The Morgan fingerprint density at radius 1 is 1.10 bits per heavy atom. The number of anilines is 1. The minimum atomic E-state index is -0.513. The number of carbonyl (C=O) groups is 1. The topological polar surface area (TPSA) is 118 Å². The van der Waals surface area contributed by atoms with E-state index in [1.807, 2.05) is 37.4 Å². The fourth-order valence-corrected chi connectivity index (χ4v) is 5.01. The van der Waals surface area contributed by atoms with Gasteiger partial charge in [0.15, 0.2) is 5.88 Å². The highest BCUT2D eigenvalue weighted by atomic mass is 35.5. The highest BCUT2D eigenvalue weighted by Crippen LogP contribution is 2.35. The van der Waals surface area contributed by atoms with Gasteiger partial charge < -0.3 is 19.9 Å². The third-order valence-corrected chi connectivity index (χ3v) is 7.35. The lowest BCUT2D eigenvalue weighted by Gasteiger charge is -2.32. The molecular weight excluding hydrogens is 532 g/mol. The van der Waals surface area contributed by atoms with E-state index in [1.54, 1.807) is 31.3 Å². The molecule has 0 aliphatic carbocycles. The predicted molar refractivity (Wildman–Crippen MR) is 157 cm³/mol. The van der Waals surface area contributed by atoms with Crippen molar-refractivity contribution in [3.8, 4) is 5.88 Å². The van der Waals surface area contributed by atoms with Crippen molar-refractivity contribution in [3.05, 3.63) is 93.0 Å². The lowest BCUT2D eigenvalue weighted by atomic mass is 10.0. The number of nitro benzene ring substituents is 1. The molecule has 1 aliphatic rings. The Hall–Kier alpha value is -4.25. The molecule has 0 spiro atoms. The van der Waals surface area contributed by atoms with Crippen LogP contribution in [0.1, 0.15) is 11.1 Å². The quantitative estimate of drug-likeness (QED) is 0.190. The molecule has 1 aliphatic heterocycles. The van der Waals surface area contributed by atoms with E-state index >= 15 is 0 Å². The van der Waals surface area contributed by atoms with E-state index in [0.29, 0.717) is 38.5 Å². The summed E-state index contributed by atoms with van der Waals surface area (Å²) in [5, 5.41) is 24.2. The van der Waals surface area contributed by atoms with Crippen LogP contribution in [-0.2, 0) is 4.79 Å². The van der Waals surface area contributed by atoms with Crippen LogP contribution in [0.15, 0.2) is 71.7 Å². The summed E-state index contributed by atoms with van der Waals surface area (Å²) in [6, 6.07) is 19.0. The van der Waals surface area contributed by atoms with Crippen molar-refractivity contribution in [2.45, 2.75) is 0 Å². The fraction of sp³-hybridized carbons (Fsp3) is 0.241. The number of aromatic amines is 1. The molecule has 40 heavy (non-hydrogen) atoms. The van der Waals surface area contributed by atoms with Crippen LogP contribution in [0.4, 0.5) is 17.1 Å². The Morgan fingerprint density at radius 2 is 1.82 bits per heavy atom. The number of carbonyl (C=O) groups excluding carboxylic acids is 1. The second-order valence-corrected chi connectivity index (χ2v) is 10.3. The van der Waals surface area contributed by atoms with Crippen LogP contribution >= 0.6 is 11.6 Å². The molecule has 0 radical (unpaired) electrons. The number of hydrogen-bond acceptors (Lipinski definition) is 7. The van der Waals surface area contributed by atoms with E-state index < -0.39 is 4.92 Å². The number of fused-ring (bicyclic) bond motifs is 1. The maximum Gasteiger partial charge on any atom is 0.295 e. The number of nitrogens with one attached hydrogen (secondary N) is 1. The zero-order chi connectivity index (χ0) is 28.4. The van der Waals surface area contributed by atoms with E-state index in [-0.39, 0.29) is 29.7 Å². The van der Waals surface area contributed by atoms with Gasteiger partial charge in [0, 0.05) is 55.3 Å². The first-order valence-electron chi connectivity index (χ1n) is 12.8. The molecule has 11 heteroatoms. The predicted octanol–water partition coefficient (Wildman–Crippen LogP) is 4.81. The minimum absolute atomic E-state index is 0.0970. The number of halogens is 1. The first kappa shape index (κ1) is 27.3. The molecule has 0 atom stereocenters. The van der Waals surface area contributed by atoms with Crippen molar-refractivity contribution in [2.24, 2.45) is 4.99 Å². The van der Waals surface area contributed by atoms with E-state index in [1.165, 1.54) is 17.0 Å². The van der Waals surface area contributed by atoms with Crippen LogP contribution in [0, 0.1) is 10.1 Å². The number of nitro groups is 1. The van der Waals surface area contributed by atoms with Crippen LogP contribution in [0.5, 0.6) is 5.88 Å². The van der Waals surface area contributed by atoms with Crippen LogP contribution in [-0.4, -0.2) is 83.3 Å². The van der Waals surface area contributed by atoms with Crippen LogP contribution in [0.25, 0.3) is 10.9 Å². The van der Waals surface area contributed by atoms with E-state index in [2.05, 4.69) is 14.8 Å². The molecule has 3 aromatic carbocycles. The summed E-state index contributed by atoms with van der Waals surface area (Å²) in [5.74, 6) is -0.323. The number of aliphatic imine (C=N–C) groups is 1. The summed E-state index contributed by atoms with van der Waals surface area (Å²) in [5.41, 5.74) is 2.46. The standard InChI is InChI=1S/C29H29ClN6O4/c1-33-12-14-35(15-13-33)18-26(37)34(2)24-11-9-21(17-25(24)36(39)40)31-28(19-6-4-3-5-7-19)27-22-10-8-20(30)16-23(22)32-29(27)38/h3-11,16-17,32,38H,12-15,18H2,1-2H3. The first-order valence-corrected chi connectivity index (χ1v) is 13.2. The van der Waals surface area contributed by atoms with Crippen molar-refractivity contribution in [1.29, 1.82) is 0 Å². The summed E-state index contributed by atoms with van der Waals surface area (Å²) < 4.78 is 0. The Morgan fingerprint density at radius 3 is 2.52 bits per heavy atom. The number of aromatic nitrogens is 1. The molecule has 1 fully saturated rings. The number of piperazine rings is 1. The van der Waals surface area contributed by atoms with Gasteiger partial charge in [-0.25, -0.2) is 4.99 Å². The lowest BCUT2D eigenvalue weighted by molar-refractivity contribution is -0.384. The van der Waals surface area contributed by atoms with Gasteiger partial charge in [-0.15, -0.1) is 0 Å². The average Bonchev–Trinajstić information content (AvgIpc) is 3.27. The van der Waals surface area contributed by atoms with Crippen LogP contribution in [0.2, 0.25) is 5.02 Å². The second-order valence-electron chi connectivity index (χ2n) is 9.83. The minimum Gasteiger partial charge on any atom is -0.494 e. The largest absolute Gasteiger partial charge is 0.494 e.